The molecule has 3 rings (SSSR count). The van der Waals surface area contributed by atoms with Crippen molar-refractivity contribution < 1.29 is 9.84 Å². The van der Waals surface area contributed by atoms with Gasteiger partial charge in [-0.15, -0.1) is 0 Å². The maximum Gasteiger partial charge on any atom is 0.0984 e. The molecule has 0 bridgehead atoms. The van der Waals surface area contributed by atoms with E-state index >= 15 is 0 Å². The first-order valence-corrected chi connectivity index (χ1v) is 8.47. The van der Waals surface area contributed by atoms with Crippen LogP contribution < -0.4 is 5.32 Å². The van der Waals surface area contributed by atoms with E-state index in [1.807, 2.05) is 48.5 Å². The van der Waals surface area contributed by atoms with Crippen LogP contribution in [-0.2, 0) is 4.74 Å². The van der Waals surface area contributed by atoms with Crippen molar-refractivity contribution in [3.05, 3.63) is 71.8 Å². The zero-order valence-electron chi connectivity index (χ0n) is 13.4. The Morgan fingerprint density at radius 3 is 2.22 bits per heavy atom. The molecular formula is C20H25NO2. The van der Waals surface area contributed by atoms with Gasteiger partial charge < -0.3 is 15.2 Å². The van der Waals surface area contributed by atoms with Crippen LogP contribution >= 0.6 is 0 Å². The molecule has 0 amide bonds. The number of ether oxygens (including phenoxy) is 1. The molecular weight excluding hydrogens is 286 g/mol. The Balaban J connectivity index is 1.73. The summed E-state index contributed by atoms with van der Waals surface area (Å²) >= 11 is 0. The lowest BCUT2D eigenvalue weighted by Gasteiger charge is -2.29. The molecule has 2 N–H and O–H groups in total. The predicted molar refractivity (Wildman–Crippen MR) is 92.2 cm³/mol. The van der Waals surface area contributed by atoms with Crippen molar-refractivity contribution in [2.45, 2.75) is 37.5 Å². The van der Waals surface area contributed by atoms with Crippen LogP contribution in [-0.4, -0.2) is 24.4 Å². The summed E-state index contributed by atoms with van der Waals surface area (Å²) in [5.41, 5.74) is 2.03. The molecule has 0 radical (unpaired) electrons. The lowest BCUT2D eigenvalue weighted by molar-refractivity contribution is 0.0109. The van der Waals surface area contributed by atoms with Crippen LogP contribution in [0.2, 0.25) is 0 Å². The number of rotatable bonds is 6. The minimum Gasteiger partial charge on any atom is -0.386 e. The van der Waals surface area contributed by atoms with E-state index in [2.05, 4.69) is 17.4 Å². The summed E-state index contributed by atoms with van der Waals surface area (Å²) in [6, 6.07) is 19.9. The predicted octanol–water partition coefficient (Wildman–Crippen LogP) is 3.62. The maximum absolute atomic E-state index is 10.9. The highest BCUT2D eigenvalue weighted by Crippen LogP contribution is 2.29. The van der Waals surface area contributed by atoms with E-state index in [1.165, 1.54) is 6.42 Å². The molecule has 0 saturated carbocycles. The van der Waals surface area contributed by atoms with Gasteiger partial charge in [-0.25, -0.2) is 0 Å². The van der Waals surface area contributed by atoms with Crippen LogP contribution in [0.15, 0.2) is 60.7 Å². The third kappa shape index (κ3) is 4.41. The van der Waals surface area contributed by atoms with Crippen molar-refractivity contribution >= 4 is 0 Å². The van der Waals surface area contributed by atoms with Crippen molar-refractivity contribution in [3.8, 4) is 0 Å². The Bertz CT molecular complexity index is 567. The quantitative estimate of drug-likeness (QED) is 0.856. The van der Waals surface area contributed by atoms with Crippen LogP contribution in [0.3, 0.4) is 0 Å². The summed E-state index contributed by atoms with van der Waals surface area (Å²) in [5.74, 6) is 0. The number of aliphatic hydroxyl groups excluding tert-OH is 1. The Kier molecular flexibility index (Phi) is 5.81. The first-order chi connectivity index (χ1) is 11.3. The van der Waals surface area contributed by atoms with Crippen molar-refractivity contribution in [2.24, 2.45) is 0 Å². The van der Waals surface area contributed by atoms with Gasteiger partial charge in [-0.1, -0.05) is 60.7 Å². The fraction of sp³-hybridized carbons (Fsp3) is 0.400. The van der Waals surface area contributed by atoms with Gasteiger partial charge in [-0.2, -0.15) is 0 Å². The van der Waals surface area contributed by atoms with Gasteiger partial charge in [0.1, 0.15) is 0 Å². The van der Waals surface area contributed by atoms with Crippen molar-refractivity contribution in [1.82, 2.24) is 5.32 Å². The normalized spacial score (nSPS) is 20.8. The van der Waals surface area contributed by atoms with Gasteiger partial charge in [-0.3, -0.25) is 0 Å². The first-order valence-electron chi connectivity index (χ1n) is 8.47. The summed E-state index contributed by atoms with van der Waals surface area (Å²) in [7, 11) is 0. The summed E-state index contributed by atoms with van der Waals surface area (Å²) in [6.45, 7) is 1.62. The van der Waals surface area contributed by atoms with Gasteiger partial charge >= 0.3 is 0 Å². The van der Waals surface area contributed by atoms with E-state index < -0.39 is 6.10 Å². The summed E-state index contributed by atoms with van der Waals surface area (Å²) < 4.78 is 5.81. The van der Waals surface area contributed by atoms with Crippen LogP contribution in [0, 0.1) is 0 Å². The lowest BCUT2D eigenvalue weighted by Crippen LogP contribution is -2.36. The van der Waals surface area contributed by atoms with Crippen LogP contribution in [0.1, 0.15) is 42.5 Å². The topological polar surface area (TPSA) is 41.5 Å². The molecule has 3 atom stereocenters. The molecule has 1 aliphatic heterocycles. The largest absolute Gasteiger partial charge is 0.386 e. The molecule has 2 aromatic carbocycles. The van der Waals surface area contributed by atoms with E-state index in [9.17, 15) is 5.11 Å². The highest BCUT2D eigenvalue weighted by molar-refractivity contribution is 5.26. The van der Waals surface area contributed by atoms with Gasteiger partial charge in [0.05, 0.1) is 18.2 Å². The van der Waals surface area contributed by atoms with E-state index in [4.69, 9.17) is 4.74 Å². The standard InChI is InChI=1S/C20H25NO2/c22-20(17-11-5-2-6-12-17)19(16-9-3-1-4-10-16)21-15-18-13-7-8-14-23-18/h1-6,9-12,18-22H,7-8,13-15H2. The molecule has 122 valence electrons. The second-order valence-electron chi connectivity index (χ2n) is 6.14. The Morgan fingerprint density at radius 2 is 1.61 bits per heavy atom. The number of benzene rings is 2. The van der Waals surface area contributed by atoms with Crippen molar-refractivity contribution in [2.75, 3.05) is 13.2 Å². The van der Waals surface area contributed by atoms with Gasteiger partial charge in [-0.05, 0) is 30.4 Å². The SMILES string of the molecule is OC(c1ccccc1)C(NCC1CCCCO1)c1ccccc1. The highest BCUT2D eigenvalue weighted by atomic mass is 16.5. The molecule has 1 saturated heterocycles. The Morgan fingerprint density at radius 1 is 0.957 bits per heavy atom. The molecule has 1 fully saturated rings. The van der Waals surface area contributed by atoms with Crippen LogP contribution in [0.25, 0.3) is 0 Å². The summed E-state index contributed by atoms with van der Waals surface area (Å²) in [4.78, 5) is 0. The smallest absolute Gasteiger partial charge is 0.0984 e. The van der Waals surface area contributed by atoms with E-state index in [-0.39, 0.29) is 12.1 Å². The van der Waals surface area contributed by atoms with Crippen LogP contribution in [0.4, 0.5) is 0 Å². The Labute approximate surface area is 138 Å². The molecule has 1 heterocycles. The molecule has 3 nitrogen and oxygen atoms in total. The van der Waals surface area contributed by atoms with E-state index in [1.54, 1.807) is 0 Å². The van der Waals surface area contributed by atoms with Crippen molar-refractivity contribution in [1.29, 1.82) is 0 Å². The maximum atomic E-state index is 10.9. The van der Waals surface area contributed by atoms with Crippen LogP contribution in [0.5, 0.6) is 0 Å². The lowest BCUT2D eigenvalue weighted by atomic mass is 9.95. The minimum absolute atomic E-state index is 0.135. The van der Waals surface area contributed by atoms with E-state index in [0.717, 1.165) is 37.1 Å². The van der Waals surface area contributed by atoms with Crippen molar-refractivity contribution in [3.63, 3.8) is 0 Å². The van der Waals surface area contributed by atoms with Gasteiger partial charge in [0.15, 0.2) is 0 Å². The first kappa shape index (κ1) is 16.2. The van der Waals surface area contributed by atoms with Gasteiger partial charge in [0.2, 0.25) is 0 Å². The Hall–Kier alpha value is -1.68. The summed E-state index contributed by atoms with van der Waals surface area (Å²) in [6.07, 6.45) is 3.14. The number of nitrogens with one attached hydrogen (secondary N) is 1. The van der Waals surface area contributed by atoms with Gasteiger partial charge in [0, 0.05) is 13.2 Å². The van der Waals surface area contributed by atoms with E-state index in [0.29, 0.717) is 0 Å². The monoisotopic (exact) mass is 311 g/mol. The number of hydrogen-bond donors (Lipinski definition) is 2. The fourth-order valence-corrected chi connectivity index (χ4v) is 3.14. The second kappa shape index (κ2) is 8.25. The minimum atomic E-state index is -0.581. The average Bonchev–Trinajstić information content (AvgIpc) is 2.64. The zero-order valence-corrected chi connectivity index (χ0v) is 13.4. The third-order valence-electron chi connectivity index (χ3n) is 4.45. The number of aliphatic hydroxyl groups is 1. The molecule has 1 aliphatic rings. The number of hydrogen-bond acceptors (Lipinski definition) is 3. The molecule has 0 spiro atoms. The molecule has 2 aromatic rings. The molecule has 23 heavy (non-hydrogen) atoms. The molecule has 0 aromatic heterocycles. The average molecular weight is 311 g/mol. The highest BCUT2D eigenvalue weighted by Gasteiger charge is 2.24. The third-order valence-corrected chi connectivity index (χ3v) is 4.45. The zero-order chi connectivity index (χ0) is 15.9. The fourth-order valence-electron chi connectivity index (χ4n) is 3.14. The molecule has 3 heteroatoms. The van der Waals surface area contributed by atoms with Gasteiger partial charge in [0.25, 0.3) is 0 Å². The second-order valence-corrected chi connectivity index (χ2v) is 6.14. The summed E-state index contributed by atoms with van der Waals surface area (Å²) in [5, 5.41) is 14.4. The molecule has 0 aliphatic carbocycles. The molecule has 3 unspecified atom stereocenters.